The van der Waals surface area contributed by atoms with Crippen molar-refractivity contribution < 1.29 is 19.5 Å². The fraction of sp³-hybridized carbons (Fsp3) is 0.100. The van der Waals surface area contributed by atoms with Crippen molar-refractivity contribution in [2.24, 2.45) is 0 Å². The number of benzene rings is 2. The molecule has 0 unspecified atom stereocenters. The van der Waals surface area contributed by atoms with Gasteiger partial charge in [-0.3, -0.25) is 0 Å². The number of ether oxygens (including phenoxy) is 2. The minimum atomic E-state index is -1.65. The Hall–Kier alpha value is -3.16. The van der Waals surface area contributed by atoms with Crippen molar-refractivity contribution in [2.75, 3.05) is 14.2 Å². The van der Waals surface area contributed by atoms with Crippen LogP contribution in [-0.4, -0.2) is 41.4 Å². The number of nitrogens with zero attached hydrogens (tertiary/aromatic N) is 2. The van der Waals surface area contributed by atoms with Gasteiger partial charge in [0.1, 0.15) is 0 Å². The van der Waals surface area contributed by atoms with Crippen molar-refractivity contribution in [1.29, 1.82) is 0 Å². The normalized spacial score (nSPS) is 11.0. The molecule has 0 saturated carbocycles. The van der Waals surface area contributed by atoms with Crippen LogP contribution in [0.25, 0.3) is 32.9 Å². The van der Waals surface area contributed by atoms with Gasteiger partial charge in [-0.25, -0.2) is 9.97 Å². The molecule has 2 N–H and O–H groups in total. The number of fused-ring (bicyclic) bond motifs is 2. The lowest BCUT2D eigenvalue weighted by atomic mass is 9.80. The summed E-state index contributed by atoms with van der Waals surface area (Å²) in [5.74, 6) is 0.709. The van der Waals surface area contributed by atoms with Gasteiger partial charge in [0, 0.05) is 21.8 Å². The molecule has 6 nitrogen and oxygen atoms in total. The molecule has 0 saturated heterocycles. The maximum absolute atomic E-state index is 9.51. The van der Waals surface area contributed by atoms with E-state index in [4.69, 9.17) is 9.47 Å². The van der Waals surface area contributed by atoms with Crippen molar-refractivity contribution >= 4 is 34.4 Å². The van der Waals surface area contributed by atoms with E-state index in [-0.39, 0.29) is 11.3 Å². The molecule has 0 aliphatic carbocycles. The SMILES string of the molecule is COc1nc2cc(-c3cc4ccccc4nc3OC)ccc2cc1B(O)O. The van der Waals surface area contributed by atoms with Crippen molar-refractivity contribution in [2.45, 2.75) is 0 Å². The molecule has 0 radical (unpaired) electrons. The lowest BCUT2D eigenvalue weighted by Crippen LogP contribution is -2.31. The van der Waals surface area contributed by atoms with E-state index in [2.05, 4.69) is 9.97 Å². The Morgan fingerprint density at radius 1 is 0.778 bits per heavy atom. The summed E-state index contributed by atoms with van der Waals surface area (Å²) in [4.78, 5) is 9.00. The van der Waals surface area contributed by atoms with E-state index >= 15 is 0 Å². The first-order valence-corrected chi connectivity index (χ1v) is 8.39. The minimum Gasteiger partial charge on any atom is -0.481 e. The fourth-order valence-corrected chi connectivity index (χ4v) is 3.14. The monoisotopic (exact) mass is 360 g/mol. The van der Waals surface area contributed by atoms with E-state index in [1.54, 1.807) is 13.2 Å². The topological polar surface area (TPSA) is 84.7 Å². The molecular weight excluding hydrogens is 343 g/mol. The standard InChI is InChI=1S/C20H17BN2O4/c1-26-19-15(9-13-5-3-4-6-17(13)22-19)12-7-8-14-10-16(21(24)25)20(27-2)23-18(14)11-12/h3-11,24-25H,1-2H3. The van der Waals surface area contributed by atoms with Crippen LogP contribution in [0.15, 0.2) is 54.6 Å². The van der Waals surface area contributed by atoms with Crippen molar-refractivity contribution in [1.82, 2.24) is 9.97 Å². The van der Waals surface area contributed by atoms with E-state index < -0.39 is 7.12 Å². The van der Waals surface area contributed by atoms with Gasteiger partial charge in [-0.1, -0.05) is 30.3 Å². The summed E-state index contributed by atoms with van der Waals surface area (Å²) < 4.78 is 10.7. The first kappa shape index (κ1) is 17.3. The lowest BCUT2D eigenvalue weighted by Gasteiger charge is -2.12. The van der Waals surface area contributed by atoms with Crippen LogP contribution in [0.4, 0.5) is 0 Å². The molecule has 134 valence electrons. The summed E-state index contributed by atoms with van der Waals surface area (Å²) in [6, 6.07) is 17.2. The molecule has 0 bridgehead atoms. The minimum absolute atomic E-state index is 0.179. The molecule has 7 heteroatoms. The highest BCUT2D eigenvalue weighted by molar-refractivity contribution is 6.59. The van der Waals surface area contributed by atoms with Crippen molar-refractivity contribution in [3.8, 4) is 22.9 Å². The van der Waals surface area contributed by atoms with E-state index in [9.17, 15) is 10.0 Å². The molecule has 2 aromatic carbocycles. The summed E-state index contributed by atoms with van der Waals surface area (Å²) >= 11 is 0. The molecule has 0 fully saturated rings. The Bertz CT molecular complexity index is 1150. The highest BCUT2D eigenvalue weighted by atomic mass is 16.5. The Kier molecular flexibility index (Phi) is 4.39. The van der Waals surface area contributed by atoms with Gasteiger partial charge in [-0.05, 0) is 29.8 Å². The number of aromatic nitrogens is 2. The highest BCUT2D eigenvalue weighted by Crippen LogP contribution is 2.33. The van der Waals surface area contributed by atoms with Gasteiger partial charge >= 0.3 is 7.12 Å². The molecule has 0 atom stereocenters. The zero-order valence-corrected chi connectivity index (χ0v) is 14.9. The Morgan fingerprint density at radius 3 is 2.22 bits per heavy atom. The Morgan fingerprint density at radius 2 is 1.48 bits per heavy atom. The largest absolute Gasteiger partial charge is 0.494 e. The molecule has 0 spiro atoms. The second-order valence-corrected chi connectivity index (χ2v) is 6.11. The van der Waals surface area contributed by atoms with Gasteiger partial charge < -0.3 is 19.5 Å². The third-order valence-electron chi connectivity index (χ3n) is 4.48. The smallest absolute Gasteiger partial charge is 0.481 e. The second kappa shape index (κ2) is 6.87. The predicted octanol–water partition coefficient (Wildman–Crippen LogP) is 2.15. The molecule has 2 aromatic heterocycles. The second-order valence-electron chi connectivity index (χ2n) is 6.11. The number of para-hydroxylation sites is 1. The van der Waals surface area contributed by atoms with Gasteiger partial charge in [-0.2, -0.15) is 0 Å². The van der Waals surface area contributed by atoms with Gasteiger partial charge in [0.15, 0.2) is 0 Å². The first-order chi connectivity index (χ1) is 13.1. The van der Waals surface area contributed by atoms with Gasteiger partial charge in [0.2, 0.25) is 11.8 Å². The van der Waals surface area contributed by atoms with Crippen LogP contribution in [0.2, 0.25) is 0 Å². The molecule has 27 heavy (non-hydrogen) atoms. The van der Waals surface area contributed by atoms with Gasteiger partial charge in [-0.15, -0.1) is 0 Å². The number of rotatable bonds is 4. The molecular formula is C20H17BN2O4. The fourth-order valence-electron chi connectivity index (χ4n) is 3.14. The van der Waals surface area contributed by atoms with Crippen LogP contribution < -0.4 is 14.9 Å². The van der Waals surface area contributed by atoms with Crippen molar-refractivity contribution in [3.05, 3.63) is 54.6 Å². The molecule has 0 amide bonds. The van der Waals surface area contributed by atoms with E-state index in [0.717, 1.165) is 27.4 Å². The van der Waals surface area contributed by atoms with Crippen LogP contribution >= 0.6 is 0 Å². The number of pyridine rings is 2. The quantitative estimate of drug-likeness (QED) is 0.543. The summed E-state index contributed by atoms with van der Waals surface area (Å²) in [7, 11) is 1.39. The summed E-state index contributed by atoms with van der Waals surface area (Å²) in [5.41, 5.74) is 3.50. The molecule has 0 aliphatic heterocycles. The van der Waals surface area contributed by atoms with Gasteiger partial charge in [0.25, 0.3) is 0 Å². The zero-order chi connectivity index (χ0) is 19.0. The molecule has 0 aliphatic rings. The third kappa shape index (κ3) is 3.07. The van der Waals surface area contributed by atoms with Crippen LogP contribution in [0.5, 0.6) is 11.8 Å². The van der Waals surface area contributed by atoms with Gasteiger partial charge in [0.05, 0.1) is 25.3 Å². The Labute approximate surface area is 156 Å². The molecule has 4 aromatic rings. The first-order valence-electron chi connectivity index (χ1n) is 8.39. The van der Waals surface area contributed by atoms with E-state index in [0.29, 0.717) is 11.4 Å². The number of hydrogen-bond donors (Lipinski definition) is 2. The maximum Gasteiger partial charge on any atom is 0.494 e. The predicted molar refractivity (Wildman–Crippen MR) is 105 cm³/mol. The number of hydrogen-bond acceptors (Lipinski definition) is 6. The van der Waals surface area contributed by atoms with Crippen LogP contribution in [0.3, 0.4) is 0 Å². The van der Waals surface area contributed by atoms with Crippen LogP contribution in [0.1, 0.15) is 0 Å². The number of methoxy groups -OCH3 is 2. The van der Waals surface area contributed by atoms with E-state index in [1.807, 2.05) is 48.5 Å². The van der Waals surface area contributed by atoms with Crippen LogP contribution in [-0.2, 0) is 0 Å². The average molecular weight is 360 g/mol. The Balaban J connectivity index is 1.91. The van der Waals surface area contributed by atoms with Crippen LogP contribution in [0, 0.1) is 0 Å². The average Bonchev–Trinajstić information content (AvgIpc) is 2.71. The maximum atomic E-state index is 9.51. The highest BCUT2D eigenvalue weighted by Gasteiger charge is 2.20. The molecule has 4 rings (SSSR count). The zero-order valence-electron chi connectivity index (χ0n) is 14.9. The lowest BCUT2D eigenvalue weighted by molar-refractivity contribution is 0.392. The third-order valence-corrected chi connectivity index (χ3v) is 4.48. The summed E-state index contributed by atoms with van der Waals surface area (Å²) in [6.45, 7) is 0. The molecule has 2 heterocycles. The van der Waals surface area contributed by atoms with E-state index in [1.165, 1.54) is 7.11 Å². The summed E-state index contributed by atoms with van der Waals surface area (Å²) in [5, 5.41) is 20.8. The summed E-state index contributed by atoms with van der Waals surface area (Å²) in [6.07, 6.45) is 0. The van der Waals surface area contributed by atoms with Crippen molar-refractivity contribution in [3.63, 3.8) is 0 Å².